The third kappa shape index (κ3) is 3.44. The first kappa shape index (κ1) is 17.0. The molecule has 3 aromatic rings. The fraction of sp³-hybridized carbons (Fsp3) is 0.0833. The van der Waals surface area contributed by atoms with Crippen molar-refractivity contribution in [1.82, 2.24) is 0 Å². The number of amides is 1. The van der Waals surface area contributed by atoms with Gasteiger partial charge >= 0.3 is 0 Å². The van der Waals surface area contributed by atoms with Gasteiger partial charge in [0.2, 0.25) is 0 Å². The van der Waals surface area contributed by atoms with E-state index in [1.165, 1.54) is 5.56 Å². The van der Waals surface area contributed by atoms with Crippen molar-refractivity contribution in [3.05, 3.63) is 107 Å². The van der Waals surface area contributed by atoms with E-state index in [4.69, 9.17) is 4.99 Å². The van der Waals surface area contributed by atoms with Crippen molar-refractivity contribution < 1.29 is 4.79 Å². The van der Waals surface area contributed by atoms with Crippen LogP contribution in [-0.2, 0) is 4.79 Å². The molecule has 1 amide bonds. The number of benzene rings is 3. The van der Waals surface area contributed by atoms with E-state index >= 15 is 0 Å². The van der Waals surface area contributed by atoms with Gasteiger partial charge in [-0.15, -0.1) is 0 Å². The topological polar surface area (TPSA) is 32.7 Å². The van der Waals surface area contributed by atoms with E-state index in [1.54, 1.807) is 4.90 Å². The van der Waals surface area contributed by atoms with Crippen molar-refractivity contribution in [2.24, 2.45) is 4.99 Å². The predicted molar refractivity (Wildman–Crippen MR) is 111 cm³/mol. The van der Waals surface area contributed by atoms with Crippen LogP contribution in [0.4, 0.5) is 5.69 Å². The molecule has 0 aliphatic carbocycles. The normalized spacial score (nSPS) is 15.3. The molecular weight excluding hydrogens is 332 g/mol. The van der Waals surface area contributed by atoms with Crippen LogP contribution in [0, 0.1) is 13.8 Å². The highest BCUT2D eigenvalue weighted by Crippen LogP contribution is 2.28. The number of rotatable bonds is 3. The first-order valence-electron chi connectivity index (χ1n) is 8.95. The molecule has 0 unspecified atom stereocenters. The van der Waals surface area contributed by atoms with Gasteiger partial charge in [0.1, 0.15) is 11.5 Å². The van der Waals surface area contributed by atoms with E-state index in [0.717, 1.165) is 22.4 Å². The zero-order valence-electron chi connectivity index (χ0n) is 15.4. The van der Waals surface area contributed by atoms with Gasteiger partial charge in [-0.1, -0.05) is 77.9 Å². The Morgan fingerprint density at radius 2 is 1.37 bits per heavy atom. The number of carbonyl (C=O) groups excluding carboxylic acids is 1. The lowest BCUT2D eigenvalue weighted by Gasteiger charge is -2.19. The summed E-state index contributed by atoms with van der Waals surface area (Å²) in [6.45, 7) is 4.08. The van der Waals surface area contributed by atoms with Gasteiger partial charge in [-0.2, -0.15) is 0 Å². The van der Waals surface area contributed by atoms with Crippen molar-refractivity contribution in [1.29, 1.82) is 0 Å². The summed E-state index contributed by atoms with van der Waals surface area (Å²) in [5.74, 6) is 0.546. The number of hydrogen-bond acceptors (Lipinski definition) is 2. The number of nitrogens with zero attached hydrogens (tertiary/aromatic N) is 2. The van der Waals surface area contributed by atoms with Crippen LogP contribution in [-0.4, -0.2) is 11.7 Å². The third-order valence-electron chi connectivity index (χ3n) is 4.57. The van der Waals surface area contributed by atoms with Crippen molar-refractivity contribution in [2.75, 3.05) is 4.90 Å². The molecule has 3 aromatic carbocycles. The molecule has 3 nitrogen and oxygen atoms in total. The Balaban J connectivity index is 1.82. The van der Waals surface area contributed by atoms with Gasteiger partial charge < -0.3 is 0 Å². The summed E-state index contributed by atoms with van der Waals surface area (Å²) in [6, 6.07) is 25.8. The minimum Gasteiger partial charge on any atom is -0.266 e. The molecule has 0 bridgehead atoms. The summed E-state index contributed by atoms with van der Waals surface area (Å²) < 4.78 is 0. The van der Waals surface area contributed by atoms with E-state index < -0.39 is 0 Å². The first-order chi connectivity index (χ1) is 13.1. The molecule has 0 saturated carbocycles. The molecule has 1 heterocycles. The molecule has 0 atom stereocenters. The maximum atomic E-state index is 13.2. The Kier molecular flexibility index (Phi) is 4.43. The minimum atomic E-state index is -0.113. The second-order valence-corrected chi connectivity index (χ2v) is 6.72. The van der Waals surface area contributed by atoms with Crippen LogP contribution in [0.25, 0.3) is 6.08 Å². The summed E-state index contributed by atoms with van der Waals surface area (Å²) in [6.07, 6.45) is 1.84. The first-order valence-corrected chi connectivity index (χ1v) is 8.95. The number of anilines is 1. The number of aliphatic imine (C=N–C) groups is 1. The van der Waals surface area contributed by atoms with E-state index in [-0.39, 0.29) is 5.91 Å². The molecular formula is C24H20N2O. The maximum Gasteiger partial charge on any atom is 0.282 e. The van der Waals surface area contributed by atoms with E-state index in [2.05, 4.69) is 0 Å². The van der Waals surface area contributed by atoms with Crippen molar-refractivity contribution in [2.45, 2.75) is 13.8 Å². The number of aryl methyl sites for hydroxylation is 2. The highest BCUT2D eigenvalue weighted by molar-refractivity contribution is 6.33. The van der Waals surface area contributed by atoms with Gasteiger partial charge in [-0.3, -0.25) is 9.69 Å². The van der Waals surface area contributed by atoms with Crippen LogP contribution in [0.3, 0.4) is 0 Å². The van der Waals surface area contributed by atoms with Crippen LogP contribution in [0.1, 0.15) is 22.3 Å². The molecule has 0 aromatic heterocycles. The van der Waals surface area contributed by atoms with Crippen LogP contribution in [0.2, 0.25) is 0 Å². The van der Waals surface area contributed by atoms with Gasteiger partial charge in [0.15, 0.2) is 0 Å². The minimum absolute atomic E-state index is 0.113. The molecule has 1 aliphatic rings. The fourth-order valence-electron chi connectivity index (χ4n) is 3.05. The molecule has 27 heavy (non-hydrogen) atoms. The lowest BCUT2D eigenvalue weighted by atomic mass is 10.1. The van der Waals surface area contributed by atoms with Crippen molar-refractivity contribution in [3.63, 3.8) is 0 Å². The highest BCUT2D eigenvalue weighted by Gasteiger charge is 2.32. The standard InChI is InChI=1S/C24H20N2O/c1-17-8-12-20(13-9-17)23-25-22(16-19-6-4-3-5-7-19)24(27)26(23)21-14-10-18(2)11-15-21/h3-16H,1-2H3/b22-16-. The van der Waals surface area contributed by atoms with Crippen LogP contribution in [0.5, 0.6) is 0 Å². The average molecular weight is 352 g/mol. The average Bonchev–Trinajstić information content (AvgIpc) is 3.00. The van der Waals surface area contributed by atoms with Gasteiger partial charge in [-0.25, -0.2) is 4.99 Å². The van der Waals surface area contributed by atoms with Gasteiger partial charge in [0.05, 0.1) is 5.69 Å². The summed E-state index contributed by atoms with van der Waals surface area (Å²) in [5.41, 5.74) is 5.47. The fourth-order valence-corrected chi connectivity index (χ4v) is 3.05. The lowest BCUT2D eigenvalue weighted by Crippen LogP contribution is -2.32. The zero-order chi connectivity index (χ0) is 18.8. The van der Waals surface area contributed by atoms with Crippen LogP contribution >= 0.6 is 0 Å². The highest BCUT2D eigenvalue weighted by atomic mass is 16.2. The third-order valence-corrected chi connectivity index (χ3v) is 4.57. The maximum absolute atomic E-state index is 13.2. The van der Waals surface area contributed by atoms with Gasteiger partial charge in [-0.05, 0) is 37.6 Å². The summed E-state index contributed by atoms with van der Waals surface area (Å²) in [4.78, 5) is 19.6. The molecule has 0 fully saturated rings. The predicted octanol–water partition coefficient (Wildman–Crippen LogP) is 5.14. The number of hydrogen-bond donors (Lipinski definition) is 0. The lowest BCUT2D eigenvalue weighted by molar-refractivity contribution is -0.113. The summed E-state index contributed by atoms with van der Waals surface area (Å²) in [5, 5.41) is 0. The van der Waals surface area contributed by atoms with E-state index in [9.17, 15) is 4.79 Å². The Hall–Kier alpha value is -3.46. The molecule has 1 aliphatic heterocycles. The smallest absolute Gasteiger partial charge is 0.266 e. The van der Waals surface area contributed by atoms with E-state index in [1.807, 2.05) is 98.8 Å². The van der Waals surface area contributed by atoms with Gasteiger partial charge in [0, 0.05) is 5.56 Å². The Labute approximate surface area is 159 Å². The molecule has 0 saturated heterocycles. The Morgan fingerprint density at radius 1 is 0.778 bits per heavy atom. The number of carbonyl (C=O) groups is 1. The van der Waals surface area contributed by atoms with Gasteiger partial charge in [0.25, 0.3) is 5.91 Å². The molecule has 0 N–H and O–H groups in total. The van der Waals surface area contributed by atoms with Crippen molar-refractivity contribution in [3.8, 4) is 0 Å². The van der Waals surface area contributed by atoms with Crippen molar-refractivity contribution >= 4 is 23.5 Å². The zero-order valence-corrected chi connectivity index (χ0v) is 15.4. The second-order valence-electron chi connectivity index (χ2n) is 6.72. The van der Waals surface area contributed by atoms with Crippen LogP contribution < -0.4 is 4.90 Å². The molecule has 4 rings (SSSR count). The quantitative estimate of drug-likeness (QED) is 0.601. The monoisotopic (exact) mass is 352 g/mol. The molecule has 0 radical (unpaired) electrons. The summed E-state index contributed by atoms with van der Waals surface area (Å²) >= 11 is 0. The van der Waals surface area contributed by atoms with Crippen LogP contribution in [0.15, 0.2) is 89.6 Å². The largest absolute Gasteiger partial charge is 0.282 e. The molecule has 3 heteroatoms. The molecule has 0 spiro atoms. The summed E-state index contributed by atoms with van der Waals surface area (Å²) in [7, 11) is 0. The number of amidine groups is 1. The molecule has 132 valence electrons. The Morgan fingerprint density at radius 3 is 2.00 bits per heavy atom. The SMILES string of the molecule is Cc1ccc(C2=N/C(=C\c3ccccc3)C(=O)N2c2ccc(C)cc2)cc1. The van der Waals surface area contributed by atoms with E-state index in [0.29, 0.717) is 11.5 Å². The Bertz CT molecular complexity index is 1030. The second kappa shape index (κ2) is 7.04.